The van der Waals surface area contributed by atoms with Crippen LogP contribution >= 0.6 is 0 Å². The van der Waals surface area contributed by atoms with Crippen molar-refractivity contribution in [2.24, 2.45) is 28.6 Å². The van der Waals surface area contributed by atoms with Crippen LogP contribution in [0.5, 0.6) is 0 Å². The van der Waals surface area contributed by atoms with Crippen molar-refractivity contribution < 1.29 is 22.6 Å². The van der Waals surface area contributed by atoms with Crippen LogP contribution in [0, 0.1) is 51.8 Å². The van der Waals surface area contributed by atoms with Gasteiger partial charge in [0.25, 0.3) is 0 Å². The van der Waals surface area contributed by atoms with Crippen LogP contribution < -0.4 is 0 Å². The largest absolute Gasteiger partial charge is 0.392 e. The molecule has 0 amide bonds. The molecule has 1 aliphatic heterocycles. The summed E-state index contributed by atoms with van der Waals surface area (Å²) in [4.78, 5) is 0. The van der Waals surface area contributed by atoms with Crippen LogP contribution in [-0.4, -0.2) is 25.2 Å². The van der Waals surface area contributed by atoms with E-state index >= 15 is 0 Å². The molecule has 1 saturated heterocycles. The minimum absolute atomic E-state index is 0.0148. The number of hydrogen-bond acceptors (Lipinski definition) is 3. The molecular formula is C35H38F3NO2. The molecule has 1 aromatic carbocycles. The highest BCUT2D eigenvalue weighted by Gasteiger charge is 2.63. The van der Waals surface area contributed by atoms with Gasteiger partial charge in [-0.2, -0.15) is 18.4 Å². The normalized spacial score (nSPS) is 33.7. The summed E-state index contributed by atoms with van der Waals surface area (Å²) in [5.41, 5.74) is 5.07. The van der Waals surface area contributed by atoms with Crippen molar-refractivity contribution in [3.05, 3.63) is 70.3 Å². The SMILES string of the molecule is CC1(C)COC2(C=C3CCC4C(=C3CC2)C(c2ccc(C#CC=CC#N)cc2)CC2(C)C4CCC2C(F)(F)F)OC1. The molecule has 3 fully saturated rings. The van der Waals surface area contributed by atoms with E-state index in [0.717, 1.165) is 36.8 Å². The Labute approximate surface area is 241 Å². The molecule has 6 rings (SSSR count). The van der Waals surface area contributed by atoms with Gasteiger partial charge in [0, 0.05) is 29.4 Å². The predicted octanol–water partition coefficient (Wildman–Crippen LogP) is 8.40. The third-order valence-corrected chi connectivity index (χ3v) is 10.5. The second-order valence-corrected chi connectivity index (χ2v) is 13.7. The number of benzene rings is 1. The maximum Gasteiger partial charge on any atom is 0.392 e. The van der Waals surface area contributed by atoms with Gasteiger partial charge in [-0.1, -0.05) is 50.3 Å². The Morgan fingerprint density at radius 3 is 2.39 bits per heavy atom. The first-order valence-electron chi connectivity index (χ1n) is 14.9. The molecule has 41 heavy (non-hydrogen) atoms. The van der Waals surface area contributed by atoms with Gasteiger partial charge in [-0.25, -0.2) is 0 Å². The zero-order chi connectivity index (χ0) is 29.0. The van der Waals surface area contributed by atoms with E-state index in [2.05, 4.69) is 31.8 Å². The minimum atomic E-state index is -4.19. The number of nitrogens with zero attached hydrogens (tertiary/aromatic N) is 1. The molecule has 0 radical (unpaired) electrons. The summed E-state index contributed by atoms with van der Waals surface area (Å²) in [6.07, 6.45) is 5.55. The highest BCUT2D eigenvalue weighted by Crippen LogP contribution is 2.68. The maximum atomic E-state index is 14.4. The Kier molecular flexibility index (Phi) is 7.03. The van der Waals surface area contributed by atoms with Crippen molar-refractivity contribution in [1.82, 2.24) is 0 Å². The zero-order valence-electron chi connectivity index (χ0n) is 24.1. The Balaban J connectivity index is 1.41. The van der Waals surface area contributed by atoms with E-state index in [-0.39, 0.29) is 29.6 Å². The lowest BCUT2D eigenvalue weighted by Gasteiger charge is -2.53. The lowest BCUT2D eigenvalue weighted by Crippen LogP contribution is -2.49. The monoisotopic (exact) mass is 561 g/mol. The first kappa shape index (κ1) is 28.3. The number of halogens is 3. The molecule has 2 saturated carbocycles. The van der Waals surface area contributed by atoms with Gasteiger partial charge in [0.2, 0.25) is 0 Å². The highest BCUT2D eigenvalue weighted by atomic mass is 19.4. The average Bonchev–Trinajstić information content (AvgIpc) is 3.30. The fraction of sp³-hybridized carbons (Fsp3) is 0.571. The predicted molar refractivity (Wildman–Crippen MR) is 151 cm³/mol. The number of rotatable bonds is 1. The van der Waals surface area contributed by atoms with Crippen molar-refractivity contribution >= 4 is 0 Å². The molecule has 0 bridgehead atoms. The molecule has 1 heterocycles. The lowest BCUT2D eigenvalue weighted by atomic mass is 9.52. The number of fused-ring (bicyclic) bond motifs is 4. The molecule has 0 aromatic heterocycles. The summed E-state index contributed by atoms with van der Waals surface area (Å²) < 4.78 is 55.8. The molecule has 1 aromatic rings. The molecular weight excluding hydrogens is 523 g/mol. The quantitative estimate of drug-likeness (QED) is 0.255. The van der Waals surface area contributed by atoms with E-state index in [9.17, 15) is 13.2 Å². The van der Waals surface area contributed by atoms with Crippen molar-refractivity contribution in [2.75, 3.05) is 13.2 Å². The molecule has 5 aliphatic rings. The summed E-state index contributed by atoms with van der Waals surface area (Å²) in [5, 5.41) is 8.67. The van der Waals surface area contributed by atoms with E-state index in [4.69, 9.17) is 14.7 Å². The summed E-state index contributed by atoms with van der Waals surface area (Å²) in [6.45, 7) is 7.51. The second kappa shape index (κ2) is 10.2. The van der Waals surface area contributed by atoms with Gasteiger partial charge in [-0.3, -0.25) is 0 Å². The van der Waals surface area contributed by atoms with Gasteiger partial charge in [-0.15, -0.1) is 0 Å². The summed E-state index contributed by atoms with van der Waals surface area (Å²) in [6, 6.07) is 9.93. The first-order valence-corrected chi connectivity index (χ1v) is 14.9. The molecule has 6 heteroatoms. The summed E-state index contributed by atoms with van der Waals surface area (Å²) in [5.74, 6) is 4.09. The van der Waals surface area contributed by atoms with Crippen LogP contribution in [0.2, 0.25) is 0 Å². The molecule has 0 N–H and O–H groups in total. The van der Waals surface area contributed by atoms with Crippen LogP contribution in [-0.2, 0) is 9.47 Å². The van der Waals surface area contributed by atoms with E-state index in [1.165, 1.54) is 28.9 Å². The molecule has 4 aliphatic carbocycles. The van der Waals surface area contributed by atoms with Gasteiger partial charge in [-0.05, 0) is 96.8 Å². The Bertz CT molecular complexity index is 1390. The Hall–Kier alpha value is -2.80. The van der Waals surface area contributed by atoms with E-state index < -0.39 is 23.3 Å². The number of alkyl halides is 3. The molecule has 1 spiro atoms. The first-order chi connectivity index (χ1) is 19.4. The van der Waals surface area contributed by atoms with Crippen LogP contribution in [0.1, 0.15) is 82.8 Å². The van der Waals surface area contributed by atoms with Crippen LogP contribution in [0.15, 0.2) is 59.2 Å². The topological polar surface area (TPSA) is 42.2 Å². The van der Waals surface area contributed by atoms with Crippen LogP contribution in [0.4, 0.5) is 13.2 Å². The van der Waals surface area contributed by atoms with Crippen molar-refractivity contribution in [2.45, 2.75) is 83.6 Å². The van der Waals surface area contributed by atoms with E-state index in [1.54, 1.807) is 0 Å². The van der Waals surface area contributed by atoms with Crippen molar-refractivity contribution in [1.29, 1.82) is 5.26 Å². The second-order valence-electron chi connectivity index (χ2n) is 13.7. The standard InChI is InChI=1S/C35H38F3NO2/c1-32(2)21-40-34(41-22-32)17-16-26-25(19-34)12-13-27-29-14-15-30(35(36,37)38)33(29,3)20-28(31(26)27)24-10-8-23(9-11-24)7-5-4-6-18-39/h4,6,8-11,19,27-30H,12-17,20-22H2,1-3H3. The van der Waals surface area contributed by atoms with E-state index in [1.807, 2.05) is 37.3 Å². The highest BCUT2D eigenvalue weighted by molar-refractivity contribution is 5.50. The molecule has 216 valence electrons. The maximum absolute atomic E-state index is 14.4. The van der Waals surface area contributed by atoms with Crippen molar-refractivity contribution in [3.8, 4) is 17.9 Å². The summed E-state index contributed by atoms with van der Waals surface area (Å²) in [7, 11) is 0. The third-order valence-electron chi connectivity index (χ3n) is 10.5. The Morgan fingerprint density at radius 1 is 0.976 bits per heavy atom. The number of ether oxygens (including phenoxy) is 2. The van der Waals surface area contributed by atoms with Crippen LogP contribution in [0.25, 0.3) is 0 Å². The lowest BCUT2D eigenvalue weighted by molar-refractivity contribution is -0.275. The van der Waals surface area contributed by atoms with Gasteiger partial charge in [0.1, 0.15) is 0 Å². The van der Waals surface area contributed by atoms with Gasteiger partial charge in [0.15, 0.2) is 5.79 Å². The molecule has 5 unspecified atom stereocenters. The van der Waals surface area contributed by atoms with Crippen LogP contribution in [0.3, 0.4) is 0 Å². The Morgan fingerprint density at radius 2 is 1.71 bits per heavy atom. The molecule has 5 atom stereocenters. The van der Waals surface area contributed by atoms with Crippen molar-refractivity contribution in [3.63, 3.8) is 0 Å². The minimum Gasteiger partial charge on any atom is -0.346 e. The van der Waals surface area contributed by atoms with Gasteiger partial charge >= 0.3 is 6.18 Å². The fourth-order valence-electron chi connectivity index (χ4n) is 8.57. The smallest absolute Gasteiger partial charge is 0.346 e. The van der Waals surface area contributed by atoms with Gasteiger partial charge in [0.05, 0.1) is 25.2 Å². The van der Waals surface area contributed by atoms with E-state index in [0.29, 0.717) is 26.1 Å². The molecule has 3 nitrogen and oxygen atoms in total. The average molecular weight is 562 g/mol. The number of hydrogen-bond donors (Lipinski definition) is 0. The number of nitriles is 1. The fourth-order valence-corrected chi connectivity index (χ4v) is 8.57. The zero-order valence-corrected chi connectivity index (χ0v) is 24.1. The summed E-state index contributed by atoms with van der Waals surface area (Å²) >= 11 is 0. The van der Waals surface area contributed by atoms with Gasteiger partial charge < -0.3 is 9.47 Å². The third kappa shape index (κ3) is 5.09. The number of allylic oxidation sites excluding steroid dienone is 5.